The number of carbonyl (C=O) groups is 2. The molecule has 1 heterocycles. The van der Waals surface area contributed by atoms with Crippen LogP contribution in [-0.4, -0.2) is 54.5 Å². The molecular weight excluding hydrogens is 340 g/mol. The number of aryl methyl sites for hydroxylation is 1. The third-order valence-electron chi connectivity index (χ3n) is 4.98. The number of urea groups is 1. The van der Waals surface area contributed by atoms with E-state index in [0.717, 1.165) is 31.6 Å². The molecule has 1 saturated heterocycles. The lowest BCUT2D eigenvalue weighted by molar-refractivity contribution is 0.1000. The van der Waals surface area contributed by atoms with Crippen molar-refractivity contribution in [3.8, 4) is 0 Å². The van der Waals surface area contributed by atoms with Gasteiger partial charge in [0.1, 0.15) is 0 Å². The molecule has 0 bridgehead atoms. The Kier molecular flexibility index (Phi) is 6.08. The van der Waals surface area contributed by atoms with Crippen LogP contribution in [0.5, 0.6) is 0 Å². The minimum atomic E-state index is -0.502. The summed E-state index contributed by atoms with van der Waals surface area (Å²) in [5.41, 5.74) is 8.58. The molecular formula is C21H26N4O2. The molecule has 3 N–H and O–H groups in total. The molecule has 0 radical (unpaired) electrons. The van der Waals surface area contributed by atoms with Crippen molar-refractivity contribution in [2.24, 2.45) is 5.73 Å². The van der Waals surface area contributed by atoms with Crippen LogP contribution in [0.4, 0.5) is 10.5 Å². The minimum Gasteiger partial charge on any atom is -0.366 e. The van der Waals surface area contributed by atoms with Gasteiger partial charge in [0.2, 0.25) is 5.91 Å². The predicted octanol–water partition coefficient (Wildman–Crippen LogP) is 2.49. The van der Waals surface area contributed by atoms with Gasteiger partial charge >= 0.3 is 6.03 Å². The molecule has 0 saturated carbocycles. The standard InChI is InChI=1S/C21H26N4O2/c1-16-7-8-18(20(22)26)15-19(16)23-21(27)25-13-11-24(12-14-25)10-9-17-5-3-2-4-6-17/h2-8,15H,9-14H2,1H3,(H2,22,26)(H,23,27). The fraction of sp³-hybridized carbons (Fsp3) is 0.333. The number of hydrogen-bond donors (Lipinski definition) is 2. The highest BCUT2D eigenvalue weighted by Crippen LogP contribution is 2.18. The van der Waals surface area contributed by atoms with E-state index in [4.69, 9.17) is 5.73 Å². The minimum absolute atomic E-state index is 0.137. The van der Waals surface area contributed by atoms with Crippen molar-refractivity contribution < 1.29 is 9.59 Å². The van der Waals surface area contributed by atoms with Gasteiger partial charge in [-0.2, -0.15) is 0 Å². The molecule has 3 amide bonds. The second-order valence-electron chi connectivity index (χ2n) is 6.89. The Labute approximate surface area is 159 Å². The van der Waals surface area contributed by atoms with E-state index in [1.807, 2.05) is 17.9 Å². The topological polar surface area (TPSA) is 78.7 Å². The molecule has 0 spiro atoms. The van der Waals surface area contributed by atoms with Crippen LogP contribution in [0.25, 0.3) is 0 Å². The van der Waals surface area contributed by atoms with Crippen molar-refractivity contribution in [3.05, 3.63) is 65.2 Å². The number of rotatable bonds is 5. The van der Waals surface area contributed by atoms with E-state index in [1.54, 1.807) is 18.2 Å². The van der Waals surface area contributed by atoms with E-state index >= 15 is 0 Å². The first-order valence-corrected chi connectivity index (χ1v) is 9.25. The molecule has 0 unspecified atom stereocenters. The number of amides is 3. The van der Waals surface area contributed by atoms with Crippen molar-refractivity contribution >= 4 is 17.6 Å². The lowest BCUT2D eigenvalue weighted by Crippen LogP contribution is -2.50. The second kappa shape index (κ2) is 8.68. The van der Waals surface area contributed by atoms with E-state index in [9.17, 15) is 9.59 Å². The molecule has 27 heavy (non-hydrogen) atoms. The van der Waals surface area contributed by atoms with E-state index in [1.165, 1.54) is 5.56 Å². The maximum Gasteiger partial charge on any atom is 0.321 e. The first kappa shape index (κ1) is 18.9. The summed E-state index contributed by atoms with van der Waals surface area (Å²) in [5, 5.41) is 2.91. The van der Waals surface area contributed by atoms with Crippen LogP contribution in [-0.2, 0) is 6.42 Å². The molecule has 3 rings (SSSR count). The molecule has 6 heteroatoms. The zero-order valence-electron chi connectivity index (χ0n) is 15.6. The van der Waals surface area contributed by atoms with Crippen LogP contribution in [0.15, 0.2) is 48.5 Å². The van der Waals surface area contributed by atoms with E-state index in [0.29, 0.717) is 24.3 Å². The number of piperazine rings is 1. The van der Waals surface area contributed by atoms with Gasteiger partial charge in [0.05, 0.1) is 0 Å². The highest BCUT2D eigenvalue weighted by Gasteiger charge is 2.21. The molecule has 2 aromatic carbocycles. The number of hydrogen-bond acceptors (Lipinski definition) is 3. The van der Waals surface area contributed by atoms with Crippen LogP contribution < -0.4 is 11.1 Å². The third-order valence-corrected chi connectivity index (χ3v) is 4.98. The summed E-state index contributed by atoms with van der Waals surface area (Å²) in [6, 6.07) is 15.4. The van der Waals surface area contributed by atoms with Gasteiger partial charge in [0.15, 0.2) is 0 Å². The molecule has 0 aliphatic carbocycles. The summed E-state index contributed by atoms with van der Waals surface area (Å²) >= 11 is 0. The van der Waals surface area contributed by atoms with Crippen molar-refractivity contribution in [2.75, 3.05) is 38.0 Å². The SMILES string of the molecule is Cc1ccc(C(N)=O)cc1NC(=O)N1CCN(CCc2ccccc2)CC1. The molecule has 1 aliphatic heterocycles. The van der Waals surface area contributed by atoms with Gasteiger partial charge in [-0.15, -0.1) is 0 Å². The summed E-state index contributed by atoms with van der Waals surface area (Å²) in [6.45, 7) is 5.99. The van der Waals surface area contributed by atoms with Crippen molar-refractivity contribution in [2.45, 2.75) is 13.3 Å². The van der Waals surface area contributed by atoms with Gasteiger partial charge in [-0.1, -0.05) is 36.4 Å². The molecule has 2 aromatic rings. The third kappa shape index (κ3) is 5.08. The van der Waals surface area contributed by atoms with Crippen LogP contribution in [0.2, 0.25) is 0 Å². The number of anilines is 1. The average molecular weight is 366 g/mol. The molecule has 0 aromatic heterocycles. The predicted molar refractivity (Wildman–Crippen MR) is 107 cm³/mol. The Balaban J connectivity index is 1.50. The fourth-order valence-corrected chi connectivity index (χ4v) is 3.21. The summed E-state index contributed by atoms with van der Waals surface area (Å²) in [6.07, 6.45) is 1.02. The smallest absolute Gasteiger partial charge is 0.321 e. The Bertz CT molecular complexity index is 799. The summed E-state index contributed by atoms with van der Waals surface area (Å²) in [4.78, 5) is 28.1. The quantitative estimate of drug-likeness (QED) is 0.853. The zero-order chi connectivity index (χ0) is 19.2. The summed E-state index contributed by atoms with van der Waals surface area (Å²) in [5.74, 6) is -0.502. The van der Waals surface area contributed by atoms with Crippen LogP contribution in [0, 0.1) is 6.92 Å². The summed E-state index contributed by atoms with van der Waals surface area (Å²) < 4.78 is 0. The van der Waals surface area contributed by atoms with E-state index < -0.39 is 5.91 Å². The average Bonchev–Trinajstić information content (AvgIpc) is 2.69. The van der Waals surface area contributed by atoms with Crippen LogP contribution >= 0.6 is 0 Å². The van der Waals surface area contributed by atoms with Gasteiger partial charge in [-0.25, -0.2) is 4.79 Å². The largest absolute Gasteiger partial charge is 0.366 e. The molecule has 6 nitrogen and oxygen atoms in total. The zero-order valence-corrected chi connectivity index (χ0v) is 15.6. The summed E-state index contributed by atoms with van der Waals surface area (Å²) in [7, 11) is 0. The van der Waals surface area contributed by atoms with Crippen molar-refractivity contribution in [3.63, 3.8) is 0 Å². The maximum atomic E-state index is 12.6. The van der Waals surface area contributed by atoms with E-state index in [-0.39, 0.29) is 6.03 Å². The number of benzene rings is 2. The first-order valence-electron chi connectivity index (χ1n) is 9.25. The number of carbonyl (C=O) groups excluding carboxylic acids is 2. The van der Waals surface area contributed by atoms with Gasteiger partial charge < -0.3 is 16.0 Å². The first-order chi connectivity index (χ1) is 13.0. The highest BCUT2D eigenvalue weighted by molar-refractivity contribution is 5.96. The second-order valence-corrected chi connectivity index (χ2v) is 6.89. The normalized spacial score (nSPS) is 14.8. The molecule has 1 fully saturated rings. The Morgan fingerprint density at radius 2 is 1.74 bits per heavy atom. The monoisotopic (exact) mass is 366 g/mol. The van der Waals surface area contributed by atoms with Crippen LogP contribution in [0.1, 0.15) is 21.5 Å². The van der Waals surface area contributed by atoms with Gasteiger partial charge in [-0.3, -0.25) is 9.69 Å². The maximum absolute atomic E-state index is 12.6. The number of nitrogens with two attached hydrogens (primary N) is 1. The van der Waals surface area contributed by atoms with Gasteiger partial charge in [0.25, 0.3) is 0 Å². The lowest BCUT2D eigenvalue weighted by atomic mass is 10.1. The number of nitrogens with one attached hydrogen (secondary N) is 1. The number of nitrogens with zero attached hydrogens (tertiary/aromatic N) is 2. The fourth-order valence-electron chi connectivity index (χ4n) is 3.21. The molecule has 0 atom stereocenters. The van der Waals surface area contributed by atoms with Gasteiger partial charge in [0, 0.05) is 44.0 Å². The number of primary amides is 1. The lowest BCUT2D eigenvalue weighted by Gasteiger charge is -2.34. The Morgan fingerprint density at radius 1 is 1.04 bits per heavy atom. The highest BCUT2D eigenvalue weighted by atomic mass is 16.2. The molecule has 142 valence electrons. The van der Waals surface area contributed by atoms with E-state index in [2.05, 4.69) is 34.5 Å². The van der Waals surface area contributed by atoms with Crippen molar-refractivity contribution in [1.29, 1.82) is 0 Å². The Hall–Kier alpha value is -2.86. The molecule has 1 aliphatic rings. The Morgan fingerprint density at radius 3 is 2.41 bits per heavy atom. The van der Waals surface area contributed by atoms with Gasteiger partial charge in [-0.05, 0) is 36.6 Å². The van der Waals surface area contributed by atoms with Crippen LogP contribution in [0.3, 0.4) is 0 Å². The van der Waals surface area contributed by atoms with Crippen molar-refractivity contribution in [1.82, 2.24) is 9.80 Å².